The summed E-state index contributed by atoms with van der Waals surface area (Å²) in [4.78, 5) is 14.4. The van der Waals surface area contributed by atoms with Crippen molar-refractivity contribution in [2.24, 2.45) is 0 Å². The molecule has 0 spiro atoms. The normalized spacial score (nSPS) is 10.6. The van der Waals surface area contributed by atoms with Crippen LogP contribution in [0.5, 0.6) is 0 Å². The van der Waals surface area contributed by atoms with Gasteiger partial charge < -0.3 is 9.52 Å². The van der Waals surface area contributed by atoms with E-state index in [1.165, 1.54) is 18.2 Å². The molecule has 0 atom stereocenters. The van der Waals surface area contributed by atoms with Gasteiger partial charge in [-0.25, -0.2) is 4.98 Å². The van der Waals surface area contributed by atoms with Gasteiger partial charge in [0.05, 0.1) is 17.2 Å². The lowest BCUT2D eigenvalue weighted by molar-refractivity contribution is -0.384. The molecular formula is C12H12N2O4. The Kier molecular flexibility index (Phi) is 3.12. The van der Waals surface area contributed by atoms with Crippen molar-refractivity contribution in [2.45, 2.75) is 20.5 Å². The van der Waals surface area contributed by atoms with E-state index in [1.807, 2.05) is 0 Å². The molecule has 0 aliphatic rings. The summed E-state index contributed by atoms with van der Waals surface area (Å²) in [5.74, 6) is 0.943. The van der Waals surface area contributed by atoms with Crippen molar-refractivity contribution in [3.8, 4) is 11.3 Å². The van der Waals surface area contributed by atoms with Crippen LogP contribution < -0.4 is 0 Å². The van der Waals surface area contributed by atoms with Crippen LogP contribution >= 0.6 is 0 Å². The number of nitro groups is 1. The first-order chi connectivity index (χ1) is 8.52. The average molecular weight is 248 g/mol. The van der Waals surface area contributed by atoms with Gasteiger partial charge in [-0.05, 0) is 18.6 Å². The Morgan fingerprint density at radius 3 is 2.67 bits per heavy atom. The van der Waals surface area contributed by atoms with Crippen LogP contribution in [-0.2, 0) is 6.61 Å². The zero-order chi connectivity index (χ0) is 13.3. The lowest BCUT2D eigenvalue weighted by atomic mass is 10.0. The summed E-state index contributed by atoms with van der Waals surface area (Å²) in [7, 11) is 0. The maximum atomic E-state index is 10.8. The van der Waals surface area contributed by atoms with Crippen molar-refractivity contribution in [3.63, 3.8) is 0 Å². The zero-order valence-corrected chi connectivity index (χ0v) is 10.0. The van der Waals surface area contributed by atoms with Gasteiger partial charge in [0.25, 0.3) is 5.69 Å². The van der Waals surface area contributed by atoms with Gasteiger partial charge in [0.15, 0.2) is 11.7 Å². The largest absolute Gasteiger partial charge is 0.441 e. The maximum Gasteiger partial charge on any atom is 0.270 e. The summed E-state index contributed by atoms with van der Waals surface area (Å²) in [5, 5.41) is 20.0. The molecule has 0 unspecified atom stereocenters. The summed E-state index contributed by atoms with van der Waals surface area (Å²) < 4.78 is 5.43. The van der Waals surface area contributed by atoms with Crippen LogP contribution in [0.1, 0.15) is 17.1 Å². The Bertz CT molecular complexity index is 604. The van der Waals surface area contributed by atoms with E-state index >= 15 is 0 Å². The number of hydrogen-bond donors (Lipinski definition) is 1. The Morgan fingerprint density at radius 1 is 1.44 bits per heavy atom. The van der Waals surface area contributed by atoms with Gasteiger partial charge in [-0.3, -0.25) is 10.1 Å². The Morgan fingerprint density at radius 2 is 2.17 bits per heavy atom. The van der Waals surface area contributed by atoms with Gasteiger partial charge in [0.1, 0.15) is 0 Å². The van der Waals surface area contributed by atoms with Gasteiger partial charge in [-0.15, -0.1) is 0 Å². The highest BCUT2D eigenvalue weighted by Gasteiger charge is 2.17. The fraction of sp³-hybridized carbons (Fsp3) is 0.250. The van der Waals surface area contributed by atoms with Crippen LogP contribution in [0.4, 0.5) is 5.69 Å². The lowest BCUT2D eigenvalue weighted by Gasteiger charge is -2.05. The lowest BCUT2D eigenvalue weighted by Crippen LogP contribution is -1.94. The van der Waals surface area contributed by atoms with Gasteiger partial charge in [-0.2, -0.15) is 0 Å². The highest BCUT2D eigenvalue weighted by molar-refractivity contribution is 5.67. The molecule has 1 heterocycles. The molecule has 2 rings (SSSR count). The molecule has 0 amide bonds. The van der Waals surface area contributed by atoms with Crippen molar-refractivity contribution in [1.82, 2.24) is 4.98 Å². The highest BCUT2D eigenvalue weighted by atomic mass is 16.6. The molecule has 0 bridgehead atoms. The monoisotopic (exact) mass is 248 g/mol. The Hall–Kier alpha value is -2.21. The number of nitrogens with zero attached hydrogens (tertiary/aromatic N) is 2. The second-order valence-corrected chi connectivity index (χ2v) is 3.90. The number of aromatic nitrogens is 1. The molecule has 94 valence electrons. The third kappa shape index (κ3) is 2.10. The van der Waals surface area contributed by atoms with Crippen molar-refractivity contribution in [1.29, 1.82) is 0 Å². The minimum atomic E-state index is -0.483. The van der Waals surface area contributed by atoms with Crippen LogP contribution in [0.3, 0.4) is 0 Å². The van der Waals surface area contributed by atoms with E-state index < -0.39 is 4.92 Å². The second-order valence-electron chi connectivity index (χ2n) is 3.90. The first-order valence-electron chi connectivity index (χ1n) is 5.35. The fourth-order valence-electron chi connectivity index (χ4n) is 1.81. The SMILES string of the molecule is Cc1nc(C)c(-c2cc([N+](=O)[O-])ccc2CO)o1. The predicted octanol–water partition coefficient (Wildman–Crippen LogP) is 2.36. The van der Waals surface area contributed by atoms with E-state index in [-0.39, 0.29) is 12.3 Å². The van der Waals surface area contributed by atoms with Crippen molar-refractivity contribution < 1.29 is 14.4 Å². The third-order valence-corrected chi connectivity index (χ3v) is 2.62. The van der Waals surface area contributed by atoms with E-state index in [0.717, 1.165) is 0 Å². The fourth-order valence-corrected chi connectivity index (χ4v) is 1.81. The standard InChI is InChI=1S/C12H12N2O4/c1-7-12(18-8(2)13-7)11-5-10(14(16)17)4-3-9(11)6-15/h3-5,15H,6H2,1-2H3. The molecule has 0 aliphatic carbocycles. The minimum Gasteiger partial charge on any atom is -0.441 e. The molecule has 6 heteroatoms. The van der Waals surface area contributed by atoms with Gasteiger partial charge in [-0.1, -0.05) is 0 Å². The molecule has 0 saturated carbocycles. The summed E-state index contributed by atoms with van der Waals surface area (Å²) in [6.07, 6.45) is 0. The topological polar surface area (TPSA) is 89.4 Å². The number of non-ortho nitro benzene ring substituents is 1. The van der Waals surface area contributed by atoms with Crippen LogP contribution in [0.15, 0.2) is 22.6 Å². The second kappa shape index (κ2) is 4.58. The molecule has 0 fully saturated rings. The number of aryl methyl sites for hydroxylation is 2. The summed E-state index contributed by atoms with van der Waals surface area (Å²) in [6, 6.07) is 4.26. The summed E-state index contributed by atoms with van der Waals surface area (Å²) in [5.41, 5.74) is 1.67. The van der Waals surface area contributed by atoms with Crippen LogP contribution in [0.25, 0.3) is 11.3 Å². The number of benzene rings is 1. The van der Waals surface area contributed by atoms with E-state index in [2.05, 4.69) is 4.98 Å². The minimum absolute atomic E-state index is 0.0457. The smallest absolute Gasteiger partial charge is 0.270 e. The van der Waals surface area contributed by atoms with Gasteiger partial charge >= 0.3 is 0 Å². The molecule has 0 saturated heterocycles. The molecule has 18 heavy (non-hydrogen) atoms. The Balaban J connectivity index is 2.64. The maximum absolute atomic E-state index is 10.8. The van der Waals surface area contributed by atoms with Crippen LogP contribution in [0.2, 0.25) is 0 Å². The Labute approximate surface area is 103 Å². The highest BCUT2D eigenvalue weighted by Crippen LogP contribution is 2.31. The number of oxazole rings is 1. The zero-order valence-electron chi connectivity index (χ0n) is 10.0. The van der Waals surface area contributed by atoms with Gasteiger partial charge in [0, 0.05) is 24.6 Å². The first-order valence-corrected chi connectivity index (χ1v) is 5.35. The number of nitro benzene ring substituents is 1. The van der Waals surface area contributed by atoms with E-state index in [9.17, 15) is 15.2 Å². The number of aliphatic hydroxyl groups excluding tert-OH is 1. The van der Waals surface area contributed by atoms with Gasteiger partial charge in [0.2, 0.25) is 0 Å². The molecule has 0 aliphatic heterocycles. The predicted molar refractivity (Wildman–Crippen MR) is 64.0 cm³/mol. The summed E-state index contributed by atoms with van der Waals surface area (Å²) in [6.45, 7) is 3.24. The van der Waals surface area contributed by atoms with Crippen molar-refractivity contribution in [2.75, 3.05) is 0 Å². The molecule has 1 aromatic heterocycles. The number of aliphatic hydroxyl groups is 1. The quantitative estimate of drug-likeness (QED) is 0.665. The van der Waals surface area contributed by atoms with E-state index in [4.69, 9.17) is 4.42 Å². The van der Waals surface area contributed by atoms with Crippen molar-refractivity contribution in [3.05, 3.63) is 45.5 Å². The van der Waals surface area contributed by atoms with E-state index in [0.29, 0.717) is 28.5 Å². The van der Waals surface area contributed by atoms with E-state index in [1.54, 1.807) is 13.8 Å². The first kappa shape index (κ1) is 12.3. The molecule has 0 radical (unpaired) electrons. The summed E-state index contributed by atoms with van der Waals surface area (Å²) >= 11 is 0. The average Bonchev–Trinajstić information content (AvgIpc) is 2.67. The molecule has 2 aromatic rings. The van der Waals surface area contributed by atoms with Crippen LogP contribution in [-0.4, -0.2) is 15.0 Å². The van der Waals surface area contributed by atoms with Crippen molar-refractivity contribution >= 4 is 5.69 Å². The molecule has 6 nitrogen and oxygen atoms in total. The molecule has 1 N–H and O–H groups in total. The number of rotatable bonds is 3. The number of hydrogen-bond acceptors (Lipinski definition) is 5. The molecule has 1 aromatic carbocycles. The van der Waals surface area contributed by atoms with Crippen LogP contribution in [0, 0.1) is 24.0 Å². The third-order valence-electron chi connectivity index (χ3n) is 2.62. The molecular weight excluding hydrogens is 236 g/mol.